The number of aromatic nitrogens is 2. The Labute approximate surface area is 110 Å². The minimum absolute atomic E-state index is 0.679. The van der Waals surface area contributed by atoms with Crippen LogP contribution in [0.2, 0.25) is 0 Å². The van der Waals surface area contributed by atoms with Crippen molar-refractivity contribution in [1.82, 2.24) is 10.1 Å². The van der Waals surface area contributed by atoms with Gasteiger partial charge >= 0.3 is 0 Å². The molecule has 0 aromatic carbocycles. The van der Waals surface area contributed by atoms with E-state index in [0.717, 1.165) is 38.2 Å². The molecule has 5 nitrogen and oxygen atoms in total. The van der Waals surface area contributed by atoms with E-state index in [1.807, 2.05) is 11.9 Å². The van der Waals surface area contributed by atoms with E-state index in [0.29, 0.717) is 11.9 Å². The van der Waals surface area contributed by atoms with E-state index in [2.05, 4.69) is 24.0 Å². The third-order valence-corrected chi connectivity index (χ3v) is 3.31. The van der Waals surface area contributed by atoms with Crippen molar-refractivity contribution in [3.63, 3.8) is 0 Å². The lowest BCUT2D eigenvalue weighted by atomic mass is 9.94. The molecule has 1 heterocycles. The van der Waals surface area contributed by atoms with Crippen molar-refractivity contribution >= 4 is 5.95 Å². The Kier molecular flexibility index (Phi) is 6.72. The number of nitrogens with two attached hydrogens (primary N) is 1. The zero-order valence-corrected chi connectivity index (χ0v) is 11.9. The first-order chi connectivity index (χ1) is 8.71. The van der Waals surface area contributed by atoms with E-state index in [1.54, 1.807) is 0 Å². The zero-order valence-electron chi connectivity index (χ0n) is 11.9. The van der Waals surface area contributed by atoms with Crippen LogP contribution in [0.5, 0.6) is 0 Å². The maximum Gasteiger partial charge on any atom is 0.265 e. The number of rotatable bonds is 9. The van der Waals surface area contributed by atoms with Crippen LogP contribution in [0.4, 0.5) is 5.95 Å². The van der Waals surface area contributed by atoms with Crippen LogP contribution in [0.1, 0.15) is 45.4 Å². The molecule has 1 unspecified atom stereocenters. The molecule has 0 amide bonds. The number of anilines is 1. The number of hydrogen-bond donors (Lipinski definition) is 1. The van der Waals surface area contributed by atoms with Gasteiger partial charge < -0.3 is 15.2 Å². The van der Waals surface area contributed by atoms with E-state index >= 15 is 0 Å². The molecule has 1 atom stereocenters. The van der Waals surface area contributed by atoms with E-state index in [9.17, 15) is 0 Å². The summed E-state index contributed by atoms with van der Waals surface area (Å²) < 4.78 is 5.26. The van der Waals surface area contributed by atoms with E-state index in [4.69, 9.17) is 10.3 Å². The molecular weight excluding hydrogens is 228 g/mol. The molecule has 0 saturated heterocycles. The molecule has 0 aliphatic rings. The molecule has 0 radical (unpaired) electrons. The molecular formula is C13H26N4O. The first-order valence-corrected chi connectivity index (χ1v) is 6.95. The topological polar surface area (TPSA) is 68.2 Å². The fourth-order valence-electron chi connectivity index (χ4n) is 2.05. The quantitative estimate of drug-likeness (QED) is 0.732. The van der Waals surface area contributed by atoms with Gasteiger partial charge in [-0.25, -0.2) is 0 Å². The highest BCUT2D eigenvalue weighted by atomic mass is 16.5. The highest BCUT2D eigenvalue weighted by Gasteiger charge is 2.12. The smallest absolute Gasteiger partial charge is 0.265 e. The first kappa shape index (κ1) is 15.0. The van der Waals surface area contributed by atoms with Gasteiger partial charge in [0.2, 0.25) is 5.89 Å². The van der Waals surface area contributed by atoms with Gasteiger partial charge in [-0.2, -0.15) is 4.98 Å². The molecule has 18 heavy (non-hydrogen) atoms. The van der Waals surface area contributed by atoms with Crippen LogP contribution in [0.3, 0.4) is 0 Å². The van der Waals surface area contributed by atoms with Gasteiger partial charge in [-0.1, -0.05) is 19.8 Å². The van der Waals surface area contributed by atoms with Crippen molar-refractivity contribution in [3.05, 3.63) is 5.89 Å². The van der Waals surface area contributed by atoms with Gasteiger partial charge in [0, 0.05) is 20.0 Å². The summed E-state index contributed by atoms with van der Waals surface area (Å²) in [5.41, 5.74) is 5.63. The minimum atomic E-state index is 0.679. The van der Waals surface area contributed by atoms with Gasteiger partial charge in [-0.15, -0.1) is 0 Å². The van der Waals surface area contributed by atoms with Gasteiger partial charge in [0.25, 0.3) is 5.95 Å². The van der Waals surface area contributed by atoms with Crippen molar-refractivity contribution < 1.29 is 4.52 Å². The van der Waals surface area contributed by atoms with Crippen molar-refractivity contribution in [2.24, 2.45) is 11.7 Å². The molecule has 0 aliphatic carbocycles. The predicted octanol–water partition coefficient (Wildman–Crippen LogP) is 2.22. The molecule has 1 rings (SSSR count). The fraction of sp³-hybridized carbons (Fsp3) is 0.846. The Morgan fingerprint density at radius 3 is 2.67 bits per heavy atom. The van der Waals surface area contributed by atoms with E-state index in [-0.39, 0.29) is 0 Å². The maximum absolute atomic E-state index is 5.63. The molecule has 1 aromatic rings. The summed E-state index contributed by atoms with van der Waals surface area (Å²) in [4.78, 5) is 6.36. The van der Waals surface area contributed by atoms with Crippen LogP contribution in [0.15, 0.2) is 4.52 Å². The number of nitrogens with zero attached hydrogens (tertiary/aromatic N) is 3. The second-order valence-electron chi connectivity index (χ2n) is 4.77. The van der Waals surface area contributed by atoms with Crippen LogP contribution in [-0.4, -0.2) is 30.3 Å². The SMILES string of the molecule is CCCC(CCN)CCc1nc(N(C)CC)no1. The Bertz CT molecular complexity index is 321. The van der Waals surface area contributed by atoms with Gasteiger partial charge in [0.15, 0.2) is 0 Å². The second kappa shape index (κ2) is 8.08. The zero-order chi connectivity index (χ0) is 13.4. The average molecular weight is 254 g/mol. The molecule has 0 bridgehead atoms. The van der Waals surface area contributed by atoms with Crippen LogP contribution < -0.4 is 10.6 Å². The molecule has 0 aliphatic heterocycles. The van der Waals surface area contributed by atoms with Crippen LogP contribution in [-0.2, 0) is 6.42 Å². The van der Waals surface area contributed by atoms with E-state index in [1.165, 1.54) is 12.8 Å². The van der Waals surface area contributed by atoms with E-state index < -0.39 is 0 Å². The highest BCUT2D eigenvalue weighted by molar-refractivity contribution is 5.24. The number of hydrogen-bond acceptors (Lipinski definition) is 5. The van der Waals surface area contributed by atoms with Gasteiger partial charge in [-0.05, 0) is 37.4 Å². The lowest BCUT2D eigenvalue weighted by Gasteiger charge is -2.13. The number of aryl methyl sites for hydroxylation is 1. The molecule has 5 heteroatoms. The Morgan fingerprint density at radius 2 is 2.06 bits per heavy atom. The van der Waals surface area contributed by atoms with Crippen LogP contribution >= 0.6 is 0 Å². The first-order valence-electron chi connectivity index (χ1n) is 6.95. The maximum atomic E-state index is 5.63. The lowest BCUT2D eigenvalue weighted by Crippen LogP contribution is -2.17. The van der Waals surface area contributed by atoms with Crippen molar-refractivity contribution in [2.45, 2.75) is 46.0 Å². The summed E-state index contributed by atoms with van der Waals surface area (Å²) in [6, 6.07) is 0. The molecule has 104 valence electrons. The summed E-state index contributed by atoms with van der Waals surface area (Å²) in [5.74, 6) is 2.10. The van der Waals surface area contributed by atoms with Crippen molar-refractivity contribution in [3.8, 4) is 0 Å². The molecule has 0 saturated carbocycles. The average Bonchev–Trinajstić information content (AvgIpc) is 2.84. The summed E-state index contributed by atoms with van der Waals surface area (Å²) in [7, 11) is 1.96. The second-order valence-corrected chi connectivity index (χ2v) is 4.77. The molecule has 2 N–H and O–H groups in total. The summed E-state index contributed by atoms with van der Waals surface area (Å²) in [6.07, 6.45) is 5.47. The highest BCUT2D eigenvalue weighted by Crippen LogP contribution is 2.18. The van der Waals surface area contributed by atoms with Gasteiger partial charge in [0.1, 0.15) is 0 Å². The predicted molar refractivity (Wildman–Crippen MR) is 73.6 cm³/mol. The molecule has 0 spiro atoms. The monoisotopic (exact) mass is 254 g/mol. The Balaban J connectivity index is 2.44. The Morgan fingerprint density at radius 1 is 1.28 bits per heavy atom. The fourth-order valence-corrected chi connectivity index (χ4v) is 2.05. The molecule has 0 fully saturated rings. The summed E-state index contributed by atoms with van der Waals surface area (Å²) in [5, 5.41) is 3.97. The van der Waals surface area contributed by atoms with Gasteiger partial charge in [0.05, 0.1) is 0 Å². The Hall–Kier alpha value is -1.10. The minimum Gasteiger partial charge on any atom is -0.342 e. The third-order valence-electron chi connectivity index (χ3n) is 3.31. The normalized spacial score (nSPS) is 12.7. The van der Waals surface area contributed by atoms with Crippen molar-refractivity contribution in [1.29, 1.82) is 0 Å². The van der Waals surface area contributed by atoms with Crippen LogP contribution in [0, 0.1) is 5.92 Å². The largest absolute Gasteiger partial charge is 0.342 e. The lowest BCUT2D eigenvalue weighted by molar-refractivity contribution is 0.349. The summed E-state index contributed by atoms with van der Waals surface area (Å²) >= 11 is 0. The van der Waals surface area contributed by atoms with Crippen molar-refractivity contribution in [2.75, 3.05) is 25.0 Å². The van der Waals surface area contributed by atoms with Gasteiger partial charge in [-0.3, -0.25) is 0 Å². The molecule has 1 aromatic heterocycles. The standard InChI is InChI=1S/C13H26N4O/c1-4-6-11(9-10-14)7-8-12-15-13(16-18-12)17(3)5-2/h11H,4-10,14H2,1-3H3. The van der Waals surface area contributed by atoms with Crippen LogP contribution in [0.25, 0.3) is 0 Å². The summed E-state index contributed by atoms with van der Waals surface area (Å²) in [6.45, 7) is 5.92. The third kappa shape index (κ3) is 4.64.